The Bertz CT molecular complexity index is 350. The Kier molecular flexibility index (Phi) is 2.69. The average Bonchev–Trinajstić information content (AvgIpc) is 2.74. The number of esters is 1. The largest absolute Gasteiger partial charge is 0.463 e. The van der Waals surface area contributed by atoms with Gasteiger partial charge in [-0.3, -0.25) is 14.9 Å². The highest BCUT2D eigenvalue weighted by atomic mass is 16.6. The molecule has 2 aliphatic rings. The summed E-state index contributed by atoms with van der Waals surface area (Å²) in [6.07, 6.45) is 4.26. The van der Waals surface area contributed by atoms with E-state index in [0.29, 0.717) is 6.42 Å². The van der Waals surface area contributed by atoms with Crippen LogP contribution in [0.2, 0.25) is 0 Å². The number of carbonyl (C=O) groups excluding carboxylic acids is 1. The molecule has 0 aliphatic heterocycles. The molecule has 2 rings (SSSR count). The number of allylic oxidation sites excluding steroid dienone is 1. The van der Waals surface area contributed by atoms with Crippen LogP contribution < -0.4 is 0 Å². The number of fused-ring (bicyclic) bond motifs is 2. The second-order valence-corrected chi connectivity index (χ2v) is 4.74. The van der Waals surface area contributed by atoms with Gasteiger partial charge in [0.2, 0.25) is 6.04 Å². The topological polar surface area (TPSA) is 69.4 Å². The second-order valence-electron chi connectivity index (χ2n) is 4.74. The molecule has 0 spiro atoms. The zero-order valence-corrected chi connectivity index (χ0v) is 9.33. The number of hydrogen-bond donors (Lipinski definition) is 0. The maximum Gasteiger partial charge on any atom is 0.316 e. The van der Waals surface area contributed by atoms with Crippen LogP contribution in [0.15, 0.2) is 12.2 Å². The van der Waals surface area contributed by atoms with Crippen molar-refractivity contribution in [3.63, 3.8) is 0 Å². The number of hydrogen-bond acceptors (Lipinski definition) is 4. The first-order valence-corrected chi connectivity index (χ1v) is 5.53. The third-order valence-electron chi connectivity index (χ3n) is 3.29. The molecule has 4 unspecified atom stereocenters. The lowest BCUT2D eigenvalue weighted by Gasteiger charge is -2.21. The van der Waals surface area contributed by atoms with Crippen LogP contribution in [-0.4, -0.2) is 23.0 Å². The summed E-state index contributed by atoms with van der Waals surface area (Å²) >= 11 is 0. The van der Waals surface area contributed by atoms with E-state index < -0.39 is 17.9 Å². The molecule has 0 N–H and O–H groups in total. The number of carbonyl (C=O) groups is 1. The van der Waals surface area contributed by atoms with Gasteiger partial charge in [0.1, 0.15) is 5.92 Å². The summed E-state index contributed by atoms with van der Waals surface area (Å²) in [4.78, 5) is 22.4. The Balaban J connectivity index is 2.16. The highest BCUT2D eigenvalue weighted by Gasteiger charge is 2.56. The van der Waals surface area contributed by atoms with Gasteiger partial charge in [-0.1, -0.05) is 12.2 Å². The van der Waals surface area contributed by atoms with Crippen LogP contribution in [0.1, 0.15) is 20.3 Å². The van der Waals surface area contributed by atoms with Gasteiger partial charge in [-0.15, -0.1) is 0 Å². The van der Waals surface area contributed by atoms with Crippen LogP contribution in [0.3, 0.4) is 0 Å². The fourth-order valence-corrected chi connectivity index (χ4v) is 2.71. The van der Waals surface area contributed by atoms with Gasteiger partial charge in [0.15, 0.2) is 0 Å². The third kappa shape index (κ3) is 1.70. The predicted octanol–water partition coefficient (Wildman–Crippen LogP) is 1.41. The van der Waals surface area contributed by atoms with Gasteiger partial charge in [-0.05, 0) is 26.2 Å². The Hall–Kier alpha value is -1.39. The molecule has 0 aromatic heterocycles. The maximum atomic E-state index is 11.8. The maximum absolute atomic E-state index is 11.8. The molecule has 88 valence electrons. The molecule has 16 heavy (non-hydrogen) atoms. The Morgan fingerprint density at radius 1 is 1.44 bits per heavy atom. The van der Waals surface area contributed by atoms with Crippen LogP contribution in [0.5, 0.6) is 0 Å². The quantitative estimate of drug-likeness (QED) is 0.315. The van der Waals surface area contributed by atoms with Gasteiger partial charge in [0.25, 0.3) is 0 Å². The number of nitro groups is 1. The molecule has 5 heteroatoms. The SMILES string of the molecule is CC(C)OC(=O)C1C2C=CC(C2)C1[N+](=O)[O-]. The first-order chi connectivity index (χ1) is 7.50. The summed E-state index contributed by atoms with van der Waals surface area (Å²) in [5.74, 6) is -1.11. The number of ether oxygens (including phenoxy) is 1. The van der Waals surface area contributed by atoms with Crippen LogP contribution in [-0.2, 0) is 9.53 Å². The van der Waals surface area contributed by atoms with Crippen LogP contribution in [0, 0.1) is 27.9 Å². The fraction of sp³-hybridized carbons (Fsp3) is 0.727. The zero-order valence-electron chi connectivity index (χ0n) is 9.33. The van der Waals surface area contributed by atoms with Crippen molar-refractivity contribution in [3.8, 4) is 0 Å². The fourth-order valence-electron chi connectivity index (χ4n) is 2.71. The first kappa shape index (κ1) is 11.1. The smallest absolute Gasteiger partial charge is 0.316 e. The van der Waals surface area contributed by atoms with E-state index in [9.17, 15) is 14.9 Å². The molecule has 2 bridgehead atoms. The Morgan fingerprint density at radius 2 is 2.06 bits per heavy atom. The highest BCUT2D eigenvalue weighted by Crippen LogP contribution is 2.45. The highest BCUT2D eigenvalue weighted by molar-refractivity contribution is 5.75. The normalized spacial score (nSPS) is 35.7. The standard InChI is InChI=1S/C11H15NO4/c1-6(2)16-11(13)9-7-3-4-8(5-7)10(9)12(14)15/h3-4,6-10H,5H2,1-2H3. The van der Waals surface area contributed by atoms with E-state index in [2.05, 4.69) is 0 Å². The molecule has 0 aromatic rings. The minimum absolute atomic E-state index is 0.00773. The lowest BCUT2D eigenvalue weighted by Crippen LogP contribution is -2.39. The minimum atomic E-state index is -0.791. The number of nitrogens with zero attached hydrogens (tertiary/aromatic N) is 1. The van der Waals surface area contributed by atoms with E-state index in [4.69, 9.17) is 4.74 Å². The van der Waals surface area contributed by atoms with E-state index in [0.717, 1.165) is 0 Å². The monoisotopic (exact) mass is 225 g/mol. The summed E-state index contributed by atoms with van der Waals surface area (Å²) in [5, 5.41) is 11.0. The van der Waals surface area contributed by atoms with E-state index in [1.807, 2.05) is 12.2 Å². The molecule has 0 heterocycles. The van der Waals surface area contributed by atoms with Crippen molar-refractivity contribution >= 4 is 5.97 Å². The van der Waals surface area contributed by atoms with Crippen LogP contribution >= 0.6 is 0 Å². The molecule has 1 fully saturated rings. The van der Waals surface area contributed by atoms with Crippen LogP contribution in [0.4, 0.5) is 0 Å². The summed E-state index contributed by atoms with van der Waals surface area (Å²) < 4.78 is 5.09. The first-order valence-electron chi connectivity index (χ1n) is 5.53. The van der Waals surface area contributed by atoms with Gasteiger partial charge >= 0.3 is 5.97 Å². The van der Waals surface area contributed by atoms with E-state index in [-0.39, 0.29) is 22.9 Å². The van der Waals surface area contributed by atoms with Crippen molar-refractivity contribution in [1.29, 1.82) is 0 Å². The molecule has 2 aliphatic carbocycles. The summed E-state index contributed by atoms with van der Waals surface area (Å²) in [7, 11) is 0. The second kappa shape index (κ2) is 3.88. The molecular weight excluding hydrogens is 210 g/mol. The van der Waals surface area contributed by atoms with Gasteiger partial charge in [0.05, 0.1) is 6.10 Å². The van der Waals surface area contributed by atoms with E-state index >= 15 is 0 Å². The molecule has 0 aromatic carbocycles. The molecule has 1 saturated carbocycles. The van der Waals surface area contributed by atoms with Crippen molar-refractivity contribution in [1.82, 2.24) is 0 Å². The van der Waals surface area contributed by atoms with Gasteiger partial charge < -0.3 is 4.74 Å². The third-order valence-corrected chi connectivity index (χ3v) is 3.29. The van der Waals surface area contributed by atoms with Crippen LogP contribution in [0.25, 0.3) is 0 Å². The van der Waals surface area contributed by atoms with Crippen molar-refractivity contribution < 1.29 is 14.5 Å². The van der Waals surface area contributed by atoms with Gasteiger partial charge in [0, 0.05) is 10.8 Å². The molecule has 0 radical (unpaired) electrons. The number of rotatable bonds is 3. The van der Waals surface area contributed by atoms with E-state index in [1.54, 1.807) is 13.8 Å². The molecule has 5 nitrogen and oxygen atoms in total. The zero-order chi connectivity index (χ0) is 11.9. The van der Waals surface area contributed by atoms with Crippen molar-refractivity contribution in [2.24, 2.45) is 17.8 Å². The van der Waals surface area contributed by atoms with Gasteiger partial charge in [-0.2, -0.15) is 0 Å². The Morgan fingerprint density at radius 3 is 2.62 bits per heavy atom. The minimum Gasteiger partial charge on any atom is -0.463 e. The van der Waals surface area contributed by atoms with Crippen molar-refractivity contribution in [2.45, 2.75) is 32.4 Å². The summed E-state index contributed by atoms with van der Waals surface area (Å²) in [6, 6.07) is -0.791. The van der Waals surface area contributed by atoms with E-state index in [1.165, 1.54) is 0 Å². The summed E-state index contributed by atoms with van der Waals surface area (Å²) in [6.45, 7) is 3.50. The lowest BCUT2D eigenvalue weighted by atomic mass is 9.89. The molecule has 4 atom stereocenters. The molecule has 0 saturated heterocycles. The van der Waals surface area contributed by atoms with Crippen molar-refractivity contribution in [3.05, 3.63) is 22.3 Å². The predicted molar refractivity (Wildman–Crippen MR) is 56.2 cm³/mol. The van der Waals surface area contributed by atoms with Gasteiger partial charge in [-0.25, -0.2) is 0 Å². The van der Waals surface area contributed by atoms with Crippen molar-refractivity contribution in [2.75, 3.05) is 0 Å². The molecular formula is C11H15NO4. The average molecular weight is 225 g/mol. The summed E-state index contributed by atoms with van der Waals surface area (Å²) in [5.41, 5.74) is 0. The molecule has 0 amide bonds. The Labute approximate surface area is 93.6 Å². The lowest BCUT2D eigenvalue weighted by molar-refractivity contribution is -0.533.